The van der Waals surface area contributed by atoms with Crippen molar-refractivity contribution in [2.45, 2.75) is 13.5 Å². The molecule has 1 aromatic heterocycles. The van der Waals surface area contributed by atoms with Crippen molar-refractivity contribution >= 4 is 34.3 Å². The molecule has 0 unspecified atom stereocenters. The quantitative estimate of drug-likeness (QED) is 0.393. The third-order valence-corrected chi connectivity index (χ3v) is 4.87. The smallest absolute Gasteiger partial charge is 0.255 e. The molecule has 3 aromatic carbocycles. The molecule has 0 fully saturated rings. The Morgan fingerprint density at radius 1 is 0.938 bits per heavy atom. The van der Waals surface area contributed by atoms with Crippen LogP contribution in [0.3, 0.4) is 0 Å². The van der Waals surface area contributed by atoms with E-state index in [1.165, 1.54) is 0 Å². The molecule has 4 aromatic rings. The average Bonchev–Trinajstić information content (AvgIpc) is 2.77. The van der Waals surface area contributed by atoms with E-state index in [4.69, 9.17) is 0 Å². The molecule has 1 amide bonds. The maximum absolute atomic E-state index is 13.3. The van der Waals surface area contributed by atoms with E-state index < -0.39 is 17.5 Å². The predicted molar refractivity (Wildman–Crippen MR) is 122 cm³/mol. The van der Waals surface area contributed by atoms with Crippen LogP contribution < -0.4 is 16.0 Å². The van der Waals surface area contributed by atoms with E-state index in [2.05, 4.69) is 25.9 Å². The van der Waals surface area contributed by atoms with Crippen LogP contribution in [0.5, 0.6) is 0 Å². The highest BCUT2D eigenvalue weighted by atomic mass is 19.1. The zero-order valence-corrected chi connectivity index (χ0v) is 17.5. The van der Waals surface area contributed by atoms with Crippen molar-refractivity contribution in [2.75, 3.05) is 23.0 Å². The van der Waals surface area contributed by atoms with Crippen molar-refractivity contribution in [3.63, 3.8) is 0 Å². The number of hydrogen-bond acceptors (Lipinski definition) is 5. The first-order chi connectivity index (χ1) is 15.4. The molecule has 0 atom stereocenters. The van der Waals surface area contributed by atoms with Crippen molar-refractivity contribution in [1.29, 1.82) is 0 Å². The van der Waals surface area contributed by atoms with Gasteiger partial charge in [-0.25, -0.2) is 13.8 Å². The normalized spacial score (nSPS) is 10.8. The molecule has 32 heavy (non-hydrogen) atoms. The summed E-state index contributed by atoms with van der Waals surface area (Å²) in [5.74, 6) is -0.947. The number of anilines is 3. The number of carbonyl (C=O) groups is 1. The SMILES string of the molecule is CNc1nc(NCc2ccc(NC(=O)c3cc(F)cc(F)c3)cc2)c2cc(C)ccc2n1. The molecule has 4 rings (SSSR count). The third kappa shape index (κ3) is 4.80. The van der Waals surface area contributed by atoms with Crippen molar-refractivity contribution in [3.05, 3.63) is 89.0 Å². The van der Waals surface area contributed by atoms with E-state index in [9.17, 15) is 13.6 Å². The highest BCUT2D eigenvalue weighted by Crippen LogP contribution is 2.24. The first-order valence-corrected chi connectivity index (χ1v) is 9.98. The van der Waals surface area contributed by atoms with Crippen molar-refractivity contribution < 1.29 is 13.6 Å². The van der Waals surface area contributed by atoms with Crippen LogP contribution >= 0.6 is 0 Å². The molecule has 8 heteroatoms. The molecule has 3 N–H and O–H groups in total. The number of hydrogen-bond donors (Lipinski definition) is 3. The van der Waals surface area contributed by atoms with Crippen LogP contribution in [0.2, 0.25) is 0 Å². The lowest BCUT2D eigenvalue weighted by molar-refractivity contribution is 0.102. The maximum atomic E-state index is 13.3. The molecule has 0 bridgehead atoms. The number of rotatable bonds is 6. The Morgan fingerprint density at radius 2 is 1.66 bits per heavy atom. The van der Waals surface area contributed by atoms with Gasteiger partial charge in [0.2, 0.25) is 5.95 Å². The summed E-state index contributed by atoms with van der Waals surface area (Å²) in [5, 5.41) is 9.88. The van der Waals surface area contributed by atoms with Gasteiger partial charge in [0, 0.05) is 36.3 Å². The minimum atomic E-state index is -0.801. The van der Waals surface area contributed by atoms with E-state index in [1.54, 1.807) is 19.2 Å². The van der Waals surface area contributed by atoms with E-state index in [-0.39, 0.29) is 5.56 Å². The summed E-state index contributed by atoms with van der Waals surface area (Å²) in [7, 11) is 1.77. The zero-order chi connectivity index (χ0) is 22.7. The van der Waals surface area contributed by atoms with Crippen molar-refractivity contribution in [2.24, 2.45) is 0 Å². The Bertz CT molecular complexity index is 1270. The molecule has 0 saturated heterocycles. The summed E-state index contributed by atoms with van der Waals surface area (Å²) in [4.78, 5) is 21.3. The molecule has 0 aliphatic rings. The fraction of sp³-hybridized carbons (Fsp3) is 0.125. The lowest BCUT2D eigenvalue weighted by Gasteiger charge is -2.12. The standard InChI is InChI=1S/C24H21F2N5O/c1-14-3-8-21-20(9-14)22(31-24(27-2)30-21)28-13-15-4-6-19(7-5-15)29-23(32)16-10-17(25)12-18(26)11-16/h3-12H,13H2,1-2H3,(H,29,32)(H2,27,28,30,31). The van der Waals surface area contributed by atoms with E-state index in [1.807, 2.05) is 37.3 Å². The van der Waals surface area contributed by atoms with Crippen molar-refractivity contribution in [1.82, 2.24) is 9.97 Å². The summed E-state index contributed by atoms with van der Waals surface area (Å²) in [5.41, 5.74) is 3.35. The number of fused-ring (bicyclic) bond motifs is 1. The Morgan fingerprint density at radius 3 is 2.34 bits per heavy atom. The molecule has 0 spiro atoms. The number of nitrogens with one attached hydrogen (secondary N) is 3. The summed E-state index contributed by atoms with van der Waals surface area (Å²) >= 11 is 0. The molecular weight excluding hydrogens is 412 g/mol. The number of halogens is 2. The van der Waals surface area contributed by atoms with Gasteiger partial charge in [-0.3, -0.25) is 4.79 Å². The van der Waals surface area contributed by atoms with Gasteiger partial charge in [0.15, 0.2) is 0 Å². The van der Waals surface area contributed by atoms with Crippen LogP contribution in [0.15, 0.2) is 60.7 Å². The topological polar surface area (TPSA) is 78.9 Å². The van der Waals surface area contributed by atoms with Crippen LogP contribution in [0.4, 0.5) is 26.2 Å². The number of aryl methyl sites for hydroxylation is 1. The van der Waals surface area contributed by atoms with Gasteiger partial charge in [-0.05, 0) is 48.9 Å². The van der Waals surface area contributed by atoms with Crippen molar-refractivity contribution in [3.8, 4) is 0 Å². The first kappa shape index (κ1) is 21.2. The second-order valence-electron chi connectivity index (χ2n) is 7.33. The van der Waals surface area contributed by atoms with Crippen LogP contribution in [-0.2, 0) is 6.54 Å². The molecule has 0 aliphatic carbocycles. The Hall–Kier alpha value is -4.07. The van der Waals surface area contributed by atoms with Gasteiger partial charge in [-0.2, -0.15) is 4.98 Å². The molecule has 1 heterocycles. The Balaban J connectivity index is 1.46. The monoisotopic (exact) mass is 433 g/mol. The highest BCUT2D eigenvalue weighted by Gasteiger charge is 2.10. The van der Waals surface area contributed by atoms with E-state index in [0.29, 0.717) is 24.0 Å². The molecule has 6 nitrogen and oxygen atoms in total. The van der Waals surface area contributed by atoms with Crippen LogP contribution in [0.1, 0.15) is 21.5 Å². The van der Waals surface area contributed by atoms with Gasteiger partial charge in [0.1, 0.15) is 17.5 Å². The van der Waals surface area contributed by atoms with Gasteiger partial charge < -0.3 is 16.0 Å². The first-order valence-electron chi connectivity index (χ1n) is 9.98. The van der Waals surface area contributed by atoms with Crippen LogP contribution in [0, 0.1) is 18.6 Å². The lowest BCUT2D eigenvalue weighted by Crippen LogP contribution is -2.12. The Labute approximate surface area is 183 Å². The van der Waals surface area contributed by atoms with Gasteiger partial charge >= 0.3 is 0 Å². The summed E-state index contributed by atoms with van der Waals surface area (Å²) in [6, 6.07) is 15.9. The molecule has 162 valence electrons. The zero-order valence-electron chi connectivity index (χ0n) is 17.5. The number of nitrogens with zero attached hydrogens (tertiary/aromatic N) is 2. The van der Waals surface area contributed by atoms with Gasteiger partial charge in [-0.15, -0.1) is 0 Å². The number of benzene rings is 3. The molecule has 0 radical (unpaired) electrons. The van der Waals surface area contributed by atoms with Gasteiger partial charge in [0.25, 0.3) is 5.91 Å². The predicted octanol–water partition coefficient (Wildman–Crippen LogP) is 5.12. The highest BCUT2D eigenvalue weighted by molar-refractivity contribution is 6.04. The van der Waals surface area contributed by atoms with E-state index in [0.717, 1.165) is 40.2 Å². The lowest BCUT2D eigenvalue weighted by atomic mass is 10.1. The van der Waals surface area contributed by atoms with Gasteiger partial charge in [0.05, 0.1) is 5.52 Å². The molecule has 0 saturated carbocycles. The molecule has 0 aliphatic heterocycles. The molecular formula is C24H21F2N5O. The third-order valence-electron chi connectivity index (χ3n) is 4.87. The minimum Gasteiger partial charge on any atom is -0.365 e. The number of carbonyl (C=O) groups excluding carboxylic acids is 1. The fourth-order valence-corrected chi connectivity index (χ4v) is 3.27. The maximum Gasteiger partial charge on any atom is 0.255 e. The van der Waals surface area contributed by atoms with E-state index >= 15 is 0 Å². The summed E-state index contributed by atoms with van der Waals surface area (Å²) in [6.07, 6.45) is 0. The number of amides is 1. The van der Waals surface area contributed by atoms with Crippen LogP contribution in [0.25, 0.3) is 10.9 Å². The second kappa shape index (κ2) is 8.97. The Kier molecular flexibility index (Phi) is 5.93. The van der Waals surface area contributed by atoms with Crippen LogP contribution in [-0.4, -0.2) is 22.9 Å². The fourth-order valence-electron chi connectivity index (χ4n) is 3.27. The van der Waals surface area contributed by atoms with Gasteiger partial charge in [-0.1, -0.05) is 23.8 Å². The second-order valence-corrected chi connectivity index (χ2v) is 7.33. The average molecular weight is 433 g/mol. The summed E-state index contributed by atoms with van der Waals surface area (Å²) < 4.78 is 26.7. The summed E-state index contributed by atoms with van der Waals surface area (Å²) in [6.45, 7) is 2.52. The minimum absolute atomic E-state index is 0.0838. The largest absolute Gasteiger partial charge is 0.365 e. The number of aromatic nitrogens is 2.